The minimum atomic E-state index is -4.15. The number of rotatable bonds is 12. The van der Waals surface area contributed by atoms with E-state index in [0.717, 1.165) is 9.87 Å². The largest absolute Gasteiger partial charge is 0.497 e. The molecule has 0 fully saturated rings. The first-order chi connectivity index (χ1) is 19.8. The van der Waals surface area contributed by atoms with E-state index in [9.17, 15) is 13.2 Å². The second-order valence-electron chi connectivity index (χ2n) is 8.64. The van der Waals surface area contributed by atoms with Crippen molar-refractivity contribution in [2.75, 3.05) is 25.1 Å². The molecule has 1 amide bonds. The number of nitrogens with zero attached hydrogens (tertiary/aromatic N) is 2. The topological polar surface area (TPSA) is 107 Å². The summed E-state index contributed by atoms with van der Waals surface area (Å²) in [5.41, 5.74) is 4.25. The molecular weight excluding hydrogens is 566 g/mol. The van der Waals surface area contributed by atoms with Gasteiger partial charge < -0.3 is 14.2 Å². The van der Waals surface area contributed by atoms with E-state index in [2.05, 4.69) is 10.5 Å². The van der Waals surface area contributed by atoms with Crippen molar-refractivity contribution in [2.24, 2.45) is 5.10 Å². The number of methoxy groups -OCH3 is 2. The van der Waals surface area contributed by atoms with Crippen molar-refractivity contribution in [3.8, 4) is 17.2 Å². The molecule has 11 heteroatoms. The van der Waals surface area contributed by atoms with Crippen LogP contribution in [0.25, 0.3) is 0 Å². The van der Waals surface area contributed by atoms with Gasteiger partial charge in [0.25, 0.3) is 15.9 Å². The highest BCUT2D eigenvalue weighted by atomic mass is 35.5. The van der Waals surface area contributed by atoms with Gasteiger partial charge in [-0.1, -0.05) is 35.9 Å². The van der Waals surface area contributed by atoms with Crippen molar-refractivity contribution < 1.29 is 27.4 Å². The SMILES string of the molecule is COc1ccc(S(=O)(=O)N(CC(=O)N/N=C\c2ccc(OCc3cccc(Cl)c3)cc2)c2ccccc2OC)cc1. The molecule has 9 nitrogen and oxygen atoms in total. The Hall–Kier alpha value is -4.54. The third-order valence-corrected chi connectivity index (χ3v) is 7.88. The molecule has 0 aliphatic rings. The average molecular weight is 594 g/mol. The van der Waals surface area contributed by atoms with Crippen LogP contribution >= 0.6 is 11.6 Å². The van der Waals surface area contributed by atoms with E-state index in [1.54, 1.807) is 54.6 Å². The zero-order chi connectivity index (χ0) is 29.2. The Morgan fingerprint density at radius 3 is 2.29 bits per heavy atom. The maximum Gasteiger partial charge on any atom is 0.264 e. The van der Waals surface area contributed by atoms with Crippen LogP contribution in [0.5, 0.6) is 17.2 Å². The summed E-state index contributed by atoms with van der Waals surface area (Å²) < 4.78 is 44.5. The molecule has 0 heterocycles. The van der Waals surface area contributed by atoms with E-state index < -0.39 is 22.5 Å². The zero-order valence-electron chi connectivity index (χ0n) is 22.4. The molecule has 0 atom stereocenters. The molecule has 0 saturated carbocycles. The molecule has 0 aliphatic heterocycles. The molecule has 0 spiro atoms. The number of carbonyl (C=O) groups excluding carboxylic acids is 1. The summed E-state index contributed by atoms with van der Waals surface area (Å²) in [7, 11) is -1.24. The molecule has 41 heavy (non-hydrogen) atoms. The molecule has 212 valence electrons. The number of benzene rings is 4. The van der Waals surface area contributed by atoms with Gasteiger partial charge in [0, 0.05) is 5.02 Å². The zero-order valence-corrected chi connectivity index (χ0v) is 23.9. The molecule has 0 radical (unpaired) electrons. The number of hydrazone groups is 1. The fraction of sp³-hybridized carbons (Fsp3) is 0.133. The summed E-state index contributed by atoms with van der Waals surface area (Å²) in [5.74, 6) is 0.798. The van der Waals surface area contributed by atoms with Crippen LogP contribution in [0.15, 0.2) is 107 Å². The van der Waals surface area contributed by atoms with E-state index in [0.29, 0.717) is 34.4 Å². The van der Waals surface area contributed by atoms with Gasteiger partial charge in [-0.3, -0.25) is 9.10 Å². The number of para-hydroxylation sites is 2. The van der Waals surface area contributed by atoms with Crippen LogP contribution in [0.2, 0.25) is 5.02 Å². The van der Waals surface area contributed by atoms with Crippen molar-refractivity contribution >= 4 is 39.4 Å². The molecule has 4 aromatic rings. The van der Waals surface area contributed by atoms with Crippen LogP contribution in [0.1, 0.15) is 11.1 Å². The highest BCUT2D eigenvalue weighted by Gasteiger charge is 2.29. The fourth-order valence-corrected chi connectivity index (χ4v) is 5.44. The van der Waals surface area contributed by atoms with E-state index in [4.69, 9.17) is 25.8 Å². The van der Waals surface area contributed by atoms with Gasteiger partial charge in [-0.2, -0.15) is 5.10 Å². The summed E-state index contributed by atoms with van der Waals surface area (Å²) in [5, 5.41) is 4.63. The van der Waals surface area contributed by atoms with E-state index in [-0.39, 0.29) is 10.6 Å². The third kappa shape index (κ3) is 7.77. The average Bonchev–Trinajstić information content (AvgIpc) is 2.99. The molecule has 0 aliphatic carbocycles. The molecule has 0 saturated heterocycles. The first kappa shape index (κ1) is 29.4. The minimum Gasteiger partial charge on any atom is -0.497 e. The van der Waals surface area contributed by atoms with Crippen LogP contribution in [0.3, 0.4) is 0 Å². The quantitative estimate of drug-likeness (QED) is 0.177. The van der Waals surface area contributed by atoms with Crippen LogP contribution < -0.4 is 23.9 Å². The Labute approximate surface area is 244 Å². The predicted octanol–water partition coefficient (Wildman–Crippen LogP) is 5.28. The Balaban J connectivity index is 1.44. The number of hydrogen-bond acceptors (Lipinski definition) is 7. The van der Waals surface area contributed by atoms with Crippen molar-refractivity contribution in [3.05, 3.63) is 113 Å². The number of hydrogen-bond donors (Lipinski definition) is 1. The van der Waals surface area contributed by atoms with Gasteiger partial charge in [0.05, 0.1) is 31.0 Å². The summed E-state index contributed by atoms with van der Waals surface area (Å²) in [6.07, 6.45) is 1.45. The second kappa shape index (κ2) is 13.7. The van der Waals surface area contributed by atoms with Crippen molar-refractivity contribution in [1.29, 1.82) is 0 Å². The lowest BCUT2D eigenvalue weighted by Gasteiger charge is -2.25. The third-order valence-electron chi connectivity index (χ3n) is 5.87. The smallest absolute Gasteiger partial charge is 0.264 e. The first-order valence-electron chi connectivity index (χ1n) is 12.4. The van der Waals surface area contributed by atoms with E-state index in [1.807, 2.05) is 18.2 Å². The first-order valence-corrected chi connectivity index (χ1v) is 14.2. The standard InChI is InChI=1S/C30H28ClN3O6S/c1-38-25-14-16-27(17-15-25)41(36,37)34(28-8-3-4-9-29(28)39-2)20-30(35)33-32-19-22-10-12-26(13-11-22)40-21-23-6-5-7-24(31)18-23/h3-19H,20-21H2,1-2H3,(H,33,35)/b32-19-. The summed E-state index contributed by atoms with van der Waals surface area (Å²) in [6.45, 7) is -0.172. The summed E-state index contributed by atoms with van der Waals surface area (Å²) >= 11 is 6.01. The van der Waals surface area contributed by atoms with Gasteiger partial charge in [-0.25, -0.2) is 13.8 Å². The Morgan fingerprint density at radius 1 is 0.902 bits per heavy atom. The highest BCUT2D eigenvalue weighted by Crippen LogP contribution is 2.32. The summed E-state index contributed by atoms with van der Waals surface area (Å²) in [6, 6.07) is 27.0. The van der Waals surface area contributed by atoms with Gasteiger partial charge in [0.15, 0.2) is 0 Å². The normalized spacial score (nSPS) is 11.2. The molecule has 4 rings (SSSR count). The van der Waals surface area contributed by atoms with Crippen molar-refractivity contribution in [2.45, 2.75) is 11.5 Å². The van der Waals surface area contributed by atoms with E-state index in [1.165, 1.54) is 44.7 Å². The van der Waals surface area contributed by atoms with Crippen molar-refractivity contribution in [1.82, 2.24) is 5.43 Å². The minimum absolute atomic E-state index is 0.0156. The number of amides is 1. The van der Waals surface area contributed by atoms with Gasteiger partial charge in [-0.15, -0.1) is 0 Å². The lowest BCUT2D eigenvalue weighted by Crippen LogP contribution is -2.39. The molecule has 0 aromatic heterocycles. The Bertz CT molecular complexity index is 1610. The molecule has 1 N–H and O–H groups in total. The van der Waals surface area contributed by atoms with Gasteiger partial charge in [0.2, 0.25) is 0 Å². The van der Waals surface area contributed by atoms with Crippen molar-refractivity contribution in [3.63, 3.8) is 0 Å². The molecule has 0 bridgehead atoms. The lowest BCUT2D eigenvalue weighted by atomic mass is 10.2. The fourth-order valence-electron chi connectivity index (χ4n) is 3.80. The predicted molar refractivity (Wildman–Crippen MR) is 158 cm³/mol. The molecule has 0 unspecified atom stereocenters. The Kier molecular flexibility index (Phi) is 9.83. The number of ether oxygens (including phenoxy) is 3. The lowest BCUT2D eigenvalue weighted by molar-refractivity contribution is -0.119. The second-order valence-corrected chi connectivity index (χ2v) is 10.9. The Morgan fingerprint density at radius 2 is 1.61 bits per heavy atom. The number of nitrogens with one attached hydrogen (secondary N) is 1. The monoisotopic (exact) mass is 593 g/mol. The van der Waals surface area contributed by atoms with Crippen LogP contribution in [0, 0.1) is 0 Å². The van der Waals surface area contributed by atoms with E-state index >= 15 is 0 Å². The summed E-state index contributed by atoms with van der Waals surface area (Å²) in [4.78, 5) is 12.9. The molecule has 4 aromatic carbocycles. The molecular formula is C30H28ClN3O6S. The van der Waals surface area contributed by atoms with Crippen LogP contribution in [-0.4, -0.2) is 41.3 Å². The van der Waals surface area contributed by atoms with Gasteiger partial charge in [-0.05, 0) is 83.9 Å². The maximum absolute atomic E-state index is 13.6. The number of anilines is 1. The number of sulfonamides is 1. The van der Waals surface area contributed by atoms with Gasteiger partial charge >= 0.3 is 0 Å². The van der Waals surface area contributed by atoms with Crippen LogP contribution in [0.4, 0.5) is 5.69 Å². The maximum atomic E-state index is 13.6. The number of carbonyl (C=O) groups is 1. The highest BCUT2D eigenvalue weighted by molar-refractivity contribution is 7.92. The van der Waals surface area contributed by atoms with Gasteiger partial charge in [0.1, 0.15) is 30.4 Å². The van der Waals surface area contributed by atoms with Crippen LogP contribution in [-0.2, 0) is 21.4 Å². The number of halogens is 1.